The van der Waals surface area contributed by atoms with Crippen LogP contribution in [0.25, 0.3) is 0 Å². The van der Waals surface area contributed by atoms with Gasteiger partial charge in [-0.15, -0.1) is 11.3 Å². The zero-order chi connectivity index (χ0) is 9.97. The Morgan fingerprint density at radius 3 is 2.86 bits per heavy atom. The van der Waals surface area contributed by atoms with E-state index in [1.54, 1.807) is 0 Å². The van der Waals surface area contributed by atoms with Gasteiger partial charge in [-0.05, 0) is 25.5 Å². The van der Waals surface area contributed by atoms with Gasteiger partial charge >= 0.3 is 0 Å². The molecule has 2 heterocycles. The molecule has 1 saturated heterocycles. The minimum atomic E-state index is 0.411. The topological polar surface area (TPSA) is 12.0 Å². The van der Waals surface area contributed by atoms with Crippen LogP contribution >= 0.6 is 34.5 Å². The van der Waals surface area contributed by atoms with Crippen LogP contribution in [-0.2, 0) is 0 Å². The van der Waals surface area contributed by atoms with Crippen molar-refractivity contribution in [2.45, 2.75) is 31.7 Å². The zero-order valence-electron chi connectivity index (χ0n) is 7.85. The maximum atomic E-state index is 6.13. The lowest BCUT2D eigenvalue weighted by Gasteiger charge is -2.14. The predicted molar refractivity (Wildman–Crippen MR) is 63.6 cm³/mol. The van der Waals surface area contributed by atoms with Crippen LogP contribution in [0.4, 0.5) is 0 Å². The lowest BCUT2D eigenvalue weighted by molar-refractivity contribution is 0.536. The maximum absolute atomic E-state index is 6.13. The minimum Gasteiger partial charge on any atom is -0.310 e. The molecule has 0 spiro atoms. The first kappa shape index (κ1) is 10.7. The normalized spacial score (nSPS) is 23.4. The summed E-state index contributed by atoms with van der Waals surface area (Å²) in [7, 11) is 0. The van der Waals surface area contributed by atoms with Gasteiger partial charge in [-0.2, -0.15) is 0 Å². The van der Waals surface area contributed by atoms with Gasteiger partial charge < -0.3 is 5.32 Å². The molecule has 0 aliphatic carbocycles. The minimum absolute atomic E-state index is 0.411. The Hall–Kier alpha value is 0.240. The Morgan fingerprint density at radius 2 is 2.14 bits per heavy atom. The molecule has 1 N–H and O–H groups in total. The van der Waals surface area contributed by atoms with Gasteiger partial charge in [-0.1, -0.05) is 36.0 Å². The SMILES string of the molecule is Clc1cc(C2CCCCCN2)c(Cl)s1. The van der Waals surface area contributed by atoms with Crippen LogP contribution in [0.15, 0.2) is 6.07 Å². The Kier molecular flexibility index (Phi) is 3.72. The van der Waals surface area contributed by atoms with Crippen LogP contribution in [-0.4, -0.2) is 6.54 Å². The molecular weight excluding hydrogens is 237 g/mol. The van der Waals surface area contributed by atoms with E-state index in [-0.39, 0.29) is 0 Å². The van der Waals surface area contributed by atoms with E-state index in [0.29, 0.717) is 6.04 Å². The molecule has 1 atom stereocenters. The summed E-state index contributed by atoms with van der Waals surface area (Å²) < 4.78 is 1.63. The number of hydrogen-bond acceptors (Lipinski definition) is 2. The van der Waals surface area contributed by atoms with Crippen LogP contribution < -0.4 is 5.32 Å². The van der Waals surface area contributed by atoms with Gasteiger partial charge in [0.05, 0.1) is 8.67 Å². The van der Waals surface area contributed by atoms with E-state index in [0.717, 1.165) is 15.2 Å². The van der Waals surface area contributed by atoms with Crippen molar-refractivity contribution in [1.82, 2.24) is 5.32 Å². The molecule has 1 aromatic rings. The van der Waals surface area contributed by atoms with Crippen LogP contribution in [0.2, 0.25) is 8.67 Å². The van der Waals surface area contributed by atoms with Crippen LogP contribution in [0.5, 0.6) is 0 Å². The molecule has 0 bridgehead atoms. The quantitative estimate of drug-likeness (QED) is 0.785. The third-order valence-electron chi connectivity index (χ3n) is 2.62. The van der Waals surface area contributed by atoms with Gasteiger partial charge in [0, 0.05) is 11.6 Å². The van der Waals surface area contributed by atoms with E-state index in [1.165, 1.54) is 42.6 Å². The fourth-order valence-electron chi connectivity index (χ4n) is 1.88. The molecule has 1 aliphatic heterocycles. The zero-order valence-corrected chi connectivity index (χ0v) is 10.2. The van der Waals surface area contributed by atoms with Crippen molar-refractivity contribution in [3.8, 4) is 0 Å². The first-order valence-corrected chi connectivity index (χ1v) is 6.53. The average Bonchev–Trinajstić information content (AvgIpc) is 2.43. The summed E-state index contributed by atoms with van der Waals surface area (Å²) in [4.78, 5) is 0. The second kappa shape index (κ2) is 4.84. The Labute approximate surface area is 98.4 Å². The molecular formula is C10H13Cl2NS. The van der Waals surface area contributed by atoms with Crippen molar-refractivity contribution in [1.29, 1.82) is 0 Å². The molecule has 4 heteroatoms. The molecule has 1 aromatic heterocycles. The van der Waals surface area contributed by atoms with Crippen LogP contribution in [0.3, 0.4) is 0 Å². The first-order valence-electron chi connectivity index (χ1n) is 4.95. The van der Waals surface area contributed by atoms with Gasteiger partial charge in [0.15, 0.2) is 0 Å². The number of hydrogen-bond donors (Lipinski definition) is 1. The van der Waals surface area contributed by atoms with E-state index in [4.69, 9.17) is 23.2 Å². The van der Waals surface area contributed by atoms with Crippen molar-refractivity contribution in [3.63, 3.8) is 0 Å². The standard InChI is InChI=1S/C10H13Cl2NS/c11-9-6-7(10(12)14-9)8-4-2-1-3-5-13-8/h6,8,13H,1-5H2. The van der Waals surface area contributed by atoms with Crippen molar-refractivity contribution < 1.29 is 0 Å². The summed E-state index contributed by atoms with van der Waals surface area (Å²) in [5, 5.41) is 3.52. The van der Waals surface area contributed by atoms with Gasteiger partial charge in [-0.25, -0.2) is 0 Å². The van der Waals surface area contributed by atoms with Gasteiger partial charge in [-0.3, -0.25) is 0 Å². The summed E-state index contributed by atoms with van der Waals surface area (Å²) in [5.74, 6) is 0. The van der Waals surface area contributed by atoms with Gasteiger partial charge in [0.25, 0.3) is 0 Å². The average molecular weight is 250 g/mol. The second-order valence-electron chi connectivity index (χ2n) is 3.64. The Bertz CT molecular complexity index is 303. The third-order valence-corrected chi connectivity index (χ3v) is 4.14. The highest BCUT2D eigenvalue weighted by Crippen LogP contribution is 2.37. The Morgan fingerprint density at radius 1 is 1.29 bits per heavy atom. The molecule has 1 aliphatic rings. The summed E-state index contributed by atoms with van der Waals surface area (Å²) >= 11 is 13.5. The van der Waals surface area contributed by atoms with Crippen molar-refractivity contribution in [3.05, 3.63) is 20.3 Å². The second-order valence-corrected chi connectivity index (χ2v) is 5.92. The number of rotatable bonds is 1. The number of thiophene rings is 1. The molecule has 0 amide bonds. The molecule has 78 valence electrons. The Balaban J connectivity index is 2.15. The van der Waals surface area contributed by atoms with Crippen molar-refractivity contribution in [2.75, 3.05) is 6.54 Å². The fourth-order valence-corrected chi connectivity index (χ4v) is 3.46. The molecule has 1 fully saturated rings. The third kappa shape index (κ3) is 2.43. The number of halogens is 2. The molecule has 1 nitrogen and oxygen atoms in total. The first-order chi connectivity index (χ1) is 6.77. The van der Waals surface area contributed by atoms with Crippen LogP contribution in [0.1, 0.15) is 37.3 Å². The highest BCUT2D eigenvalue weighted by Gasteiger charge is 2.18. The van der Waals surface area contributed by atoms with E-state index >= 15 is 0 Å². The van der Waals surface area contributed by atoms with Crippen molar-refractivity contribution >= 4 is 34.5 Å². The smallest absolute Gasteiger partial charge is 0.0991 e. The van der Waals surface area contributed by atoms with Crippen molar-refractivity contribution in [2.24, 2.45) is 0 Å². The lowest BCUT2D eigenvalue weighted by Crippen LogP contribution is -2.19. The molecule has 0 saturated carbocycles. The lowest BCUT2D eigenvalue weighted by atomic mass is 10.1. The summed E-state index contributed by atoms with van der Waals surface area (Å²) in [6.45, 7) is 1.09. The highest BCUT2D eigenvalue weighted by atomic mass is 35.5. The molecule has 0 aromatic carbocycles. The fraction of sp³-hybridized carbons (Fsp3) is 0.600. The van der Waals surface area contributed by atoms with E-state index in [9.17, 15) is 0 Å². The van der Waals surface area contributed by atoms with Crippen LogP contribution in [0, 0.1) is 0 Å². The summed E-state index contributed by atoms with van der Waals surface area (Å²) in [5.41, 5.74) is 1.18. The largest absolute Gasteiger partial charge is 0.310 e. The van der Waals surface area contributed by atoms with E-state index < -0.39 is 0 Å². The predicted octanol–water partition coefficient (Wildman–Crippen LogP) is 4.26. The molecule has 0 radical (unpaired) electrons. The number of nitrogens with one attached hydrogen (secondary N) is 1. The molecule has 14 heavy (non-hydrogen) atoms. The van der Waals surface area contributed by atoms with E-state index in [2.05, 4.69) is 5.32 Å². The summed E-state index contributed by atoms with van der Waals surface area (Å²) in [6, 6.07) is 2.41. The maximum Gasteiger partial charge on any atom is 0.0991 e. The molecule has 1 unspecified atom stereocenters. The van der Waals surface area contributed by atoms with E-state index in [1.807, 2.05) is 6.07 Å². The highest BCUT2D eigenvalue weighted by molar-refractivity contribution is 7.20. The summed E-state index contributed by atoms with van der Waals surface area (Å²) in [6.07, 6.45) is 5.04. The molecule has 2 rings (SSSR count). The van der Waals surface area contributed by atoms with Gasteiger partial charge in [0.2, 0.25) is 0 Å². The monoisotopic (exact) mass is 249 g/mol. The van der Waals surface area contributed by atoms with Gasteiger partial charge in [0.1, 0.15) is 0 Å².